The molecule has 1 aliphatic carbocycles. The maximum absolute atomic E-state index is 12.5. The highest BCUT2D eigenvalue weighted by Crippen LogP contribution is 2.46. The molecule has 1 saturated carbocycles. The first-order valence-corrected chi connectivity index (χ1v) is 7.40. The maximum Gasteiger partial charge on any atom is 0.393 e. The minimum absolute atomic E-state index is 0.0388. The van der Waals surface area contributed by atoms with Crippen LogP contribution in [-0.4, -0.2) is 22.2 Å². The number of anilines is 3. The zero-order chi connectivity index (χ0) is 15.0. The van der Waals surface area contributed by atoms with Gasteiger partial charge in [-0.25, -0.2) is 4.98 Å². The molecule has 2 atom stereocenters. The molecule has 2 aromatic heterocycles. The molecule has 112 valence electrons. The molecule has 0 bridgehead atoms. The number of thiophene rings is 1. The monoisotopic (exact) mass is 334 g/mol. The highest BCUT2D eigenvalue weighted by molar-refractivity contribution is 7.08. The van der Waals surface area contributed by atoms with E-state index in [2.05, 4.69) is 20.6 Å². The third kappa shape index (κ3) is 3.38. The van der Waals surface area contributed by atoms with E-state index in [0.29, 0.717) is 0 Å². The van der Waals surface area contributed by atoms with Crippen LogP contribution in [0.3, 0.4) is 0 Å². The molecule has 1 fully saturated rings. The van der Waals surface area contributed by atoms with E-state index in [1.165, 1.54) is 17.5 Å². The Morgan fingerprint density at radius 3 is 2.81 bits per heavy atom. The minimum Gasteiger partial charge on any atom is -0.365 e. The fraction of sp³-hybridized carbons (Fsp3) is 0.333. The van der Waals surface area contributed by atoms with Gasteiger partial charge in [-0.15, -0.1) is 0 Å². The van der Waals surface area contributed by atoms with Crippen molar-refractivity contribution in [3.05, 3.63) is 28.0 Å². The summed E-state index contributed by atoms with van der Waals surface area (Å²) in [6.45, 7) is 0. The van der Waals surface area contributed by atoms with E-state index in [4.69, 9.17) is 11.6 Å². The molecule has 0 amide bonds. The van der Waals surface area contributed by atoms with Gasteiger partial charge in [0, 0.05) is 11.4 Å². The van der Waals surface area contributed by atoms with Crippen molar-refractivity contribution < 1.29 is 13.2 Å². The number of halogens is 4. The zero-order valence-electron chi connectivity index (χ0n) is 10.5. The molecule has 0 spiro atoms. The lowest BCUT2D eigenvalue weighted by molar-refractivity contribution is -0.147. The van der Waals surface area contributed by atoms with Gasteiger partial charge in [-0.1, -0.05) is 11.6 Å². The van der Waals surface area contributed by atoms with Crippen LogP contribution in [0.1, 0.15) is 6.42 Å². The lowest BCUT2D eigenvalue weighted by Crippen LogP contribution is -2.18. The lowest BCUT2D eigenvalue weighted by Gasteiger charge is -2.10. The molecule has 2 unspecified atom stereocenters. The minimum atomic E-state index is -4.19. The summed E-state index contributed by atoms with van der Waals surface area (Å²) >= 11 is 7.42. The molecule has 2 heterocycles. The first kappa shape index (κ1) is 14.4. The van der Waals surface area contributed by atoms with Gasteiger partial charge in [0.2, 0.25) is 5.95 Å². The van der Waals surface area contributed by atoms with Gasteiger partial charge >= 0.3 is 6.18 Å². The Balaban J connectivity index is 1.71. The number of hydrogen-bond acceptors (Lipinski definition) is 5. The second kappa shape index (κ2) is 5.34. The van der Waals surface area contributed by atoms with E-state index in [1.807, 2.05) is 16.8 Å². The molecule has 0 radical (unpaired) electrons. The molecule has 21 heavy (non-hydrogen) atoms. The van der Waals surface area contributed by atoms with Gasteiger partial charge in [-0.2, -0.15) is 29.5 Å². The van der Waals surface area contributed by atoms with Crippen LogP contribution >= 0.6 is 22.9 Å². The van der Waals surface area contributed by atoms with Crippen molar-refractivity contribution in [3.8, 4) is 0 Å². The molecule has 0 saturated heterocycles. The highest BCUT2D eigenvalue weighted by Gasteiger charge is 2.56. The Morgan fingerprint density at radius 2 is 2.19 bits per heavy atom. The topological polar surface area (TPSA) is 49.8 Å². The van der Waals surface area contributed by atoms with Gasteiger partial charge in [-0.05, 0) is 17.9 Å². The normalized spacial score (nSPS) is 21.1. The van der Waals surface area contributed by atoms with Crippen molar-refractivity contribution in [1.29, 1.82) is 0 Å². The molecule has 9 heteroatoms. The van der Waals surface area contributed by atoms with Crippen molar-refractivity contribution in [1.82, 2.24) is 9.97 Å². The van der Waals surface area contributed by atoms with Crippen LogP contribution in [0.4, 0.5) is 30.6 Å². The summed E-state index contributed by atoms with van der Waals surface area (Å²) in [4.78, 5) is 8.11. The largest absolute Gasteiger partial charge is 0.393 e. The van der Waals surface area contributed by atoms with Crippen molar-refractivity contribution in [3.63, 3.8) is 0 Å². The Morgan fingerprint density at radius 1 is 1.38 bits per heavy atom. The summed E-state index contributed by atoms with van der Waals surface area (Å²) in [5, 5.41) is 9.62. The quantitative estimate of drug-likeness (QED) is 0.875. The van der Waals surface area contributed by atoms with Crippen LogP contribution in [0.25, 0.3) is 0 Å². The smallest absolute Gasteiger partial charge is 0.365 e. The number of rotatable bonds is 4. The molecule has 2 aromatic rings. The van der Waals surface area contributed by atoms with Gasteiger partial charge in [0.05, 0.1) is 17.8 Å². The molecular formula is C12H10ClF3N4S. The molecule has 3 rings (SSSR count). The van der Waals surface area contributed by atoms with Crippen LogP contribution < -0.4 is 10.6 Å². The first-order chi connectivity index (χ1) is 9.93. The summed E-state index contributed by atoms with van der Waals surface area (Å²) in [6, 6.07) is 1.17. The predicted octanol–water partition coefficient (Wildman–Crippen LogP) is 4.30. The van der Waals surface area contributed by atoms with Crippen molar-refractivity contribution in [2.75, 3.05) is 10.6 Å². The van der Waals surface area contributed by atoms with E-state index in [9.17, 15) is 13.2 Å². The van der Waals surface area contributed by atoms with Gasteiger partial charge in [0.1, 0.15) is 5.02 Å². The van der Waals surface area contributed by atoms with Gasteiger partial charge < -0.3 is 10.6 Å². The maximum atomic E-state index is 12.5. The molecule has 0 aromatic carbocycles. The van der Waals surface area contributed by atoms with Gasteiger partial charge in [-0.3, -0.25) is 0 Å². The number of nitrogens with one attached hydrogen (secondary N) is 2. The van der Waals surface area contributed by atoms with E-state index >= 15 is 0 Å². The summed E-state index contributed by atoms with van der Waals surface area (Å²) in [7, 11) is 0. The fourth-order valence-electron chi connectivity index (χ4n) is 1.89. The van der Waals surface area contributed by atoms with Gasteiger partial charge in [0.25, 0.3) is 0 Å². The van der Waals surface area contributed by atoms with Crippen molar-refractivity contribution in [2.24, 2.45) is 5.92 Å². The second-order valence-electron chi connectivity index (χ2n) is 4.66. The summed E-state index contributed by atoms with van der Waals surface area (Å²) < 4.78 is 37.5. The van der Waals surface area contributed by atoms with Crippen LogP contribution in [0, 0.1) is 5.92 Å². The predicted molar refractivity (Wildman–Crippen MR) is 76.2 cm³/mol. The average molecular weight is 335 g/mol. The highest BCUT2D eigenvalue weighted by atomic mass is 35.5. The third-order valence-electron chi connectivity index (χ3n) is 3.05. The van der Waals surface area contributed by atoms with Crippen molar-refractivity contribution >= 4 is 40.4 Å². The number of nitrogens with zero attached hydrogens (tertiary/aromatic N) is 2. The van der Waals surface area contributed by atoms with Gasteiger partial charge in [0.15, 0.2) is 5.82 Å². The SMILES string of the molecule is FC(F)(F)C1CC1Nc1nc(Nc2ccsc2)ncc1Cl. The van der Waals surface area contributed by atoms with Crippen LogP contribution in [0.5, 0.6) is 0 Å². The summed E-state index contributed by atoms with van der Waals surface area (Å²) in [5.41, 5.74) is 0.813. The Kier molecular flexibility index (Phi) is 3.66. The molecular weight excluding hydrogens is 325 g/mol. The number of alkyl halides is 3. The summed E-state index contributed by atoms with van der Waals surface area (Å²) in [6.07, 6.45) is -2.79. The van der Waals surface area contributed by atoms with E-state index in [0.717, 1.165) is 5.69 Å². The van der Waals surface area contributed by atoms with Crippen molar-refractivity contribution in [2.45, 2.75) is 18.6 Å². The Labute approximate surface area is 127 Å². The third-order valence-corrected chi connectivity index (χ3v) is 4.01. The van der Waals surface area contributed by atoms with E-state index in [-0.39, 0.29) is 23.2 Å². The first-order valence-electron chi connectivity index (χ1n) is 6.08. The van der Waals surface area contributed by atoms with Crippen LogP contribution in [0.15, 0.2) is 23.0 Å². The van der Waals surface area contributed by atoms with Crippen LogP contribution in [-0.2, 0) is 0 Å². The number of hydrogen-bond donors (Lipinski definition) is 2. The number of aromatic nitrogens is 2. The zero-order valence-corrected chi connectivity index (χ0v) is 12.1. The lowest BCUT2D eigenvalue weighted by atomic mass is 10.4. The standard InChI is InChI=1S/C12H10ClF3N4S/c13-8-4-17-11(18-6-1-2-21-5-6)20-10(8)19-9-3-7(9)12(14,15)16/h1-2,4-5,7,9H,3H2,(H2,17,18,19,20). The summed E-state index contributed by atoms with van der Waals surface area (Å²) in [5.74, 6) is -0.845. The molecule has 1 aliphatic rings. The molecule has 4 nitrogen and oxygen atoms in total. The Bertz CT molecular complexity index is 632. The fourth-order valence-corrected chi connectivity index (χ4v) is 2.62. The average Bonchev–Trinajstić information content (AvgIpc) is 3.01. The second-order valence-corrected chi connectivity index (χ2v) is 5.85. The molecule has 2 N–H and O–H groups in total. The Hall–Kier alpha value is -1.54. The van der Waals surface area contributed by atoms with E-state index in [1.54, 1.807) is 0 Å². The van der Waals surface area contributed by atoms with E-state index < -0.39 is 18.1 Å². The van der Waals surface area contributed by atoms with Crippen LogP contribution in [0.2, 0.25) is 5.02 Å². The molecule has 0 aliphatic heterocycles.